The molecule has 0 fully saturated rings. The fourth-order valence-corrected chi connectivity index (χ4v) is 3.43. The number of nitrogens with zero attached hydrogens (tertiary/aromatic N) is 1. The number of carbonyl (C=O) groups excluding carboxylic acids is 1. The topological polar surface area (TPSA) is 20.3 Å². The second-order valence-electron chi connectivity index (χ2n) is 3.88. The van der Waals surface area contributed by atoms with E-state index in [1.54, 1.807) is 16.7 Å². The zero-order chi connectivity index (χ0) is 13.0. The summed E-state index contributed by atoms with van der Waals surface area (Å²) in [5, 5.41) is 0. The molecule has 0 radical (unpaired) electrons. The third kappa shape index (κ3) is 4.30. The standard InChI is InChI=1S/C12H15Br2NOS/c1-8(7-17-3)15(2)12(16)9-4-10(13)6-11(14)5-9/h4-6,8H,7H2,1-3H3. The van der Waals surface area contributed by atoms with E-state index in [0.717, 1.165) is 14.7 Å². The Morgan fingerprint density at radius 2 is 1.88 bits per heavy atom. The molecule has 0 aromatic heterocycles. The van der Waals surface area contributed by atoms with Crippen LogP contribution in [0, 0.1) is 0 Å². The molecule has 0 N–H and O–H groups in total. The number of carbonyl (C=O) groups is 1. The number of thioether (sulfide) groups is 1. The number of rotatable bonds is 4. The van der Waals surface area contributed by atoms with E-state index in [0.29, 0.717) is 5.56 Å². The fraction of sp³-hybridized carbons (Fsp3) is 0.417. The number of amides is 1. The lowest BCUT2D eigenvalue weighted by Gasteiger charge is -2.24. The average molecular weight is 381 g/mol. The van der Waals surface area contributed by atoms with Gasteiger partial charge in [-0.25, -0.2) is 0 Å². The number of hydrogen-bond acceptors (Lipinski definition) is 2. The first-order valence-corrected chi connectivity index (χ1v) is 8.16. The maximum Gasteiger partial charge on any atom is 0.253 e. The van der Waals surface area contributed by atoms with Crippen molar-refractivity contribution in [2.45, 2.75) is 13.0 Å². The maximum atomic E-state index is 12.2. The molecule has 0 aliphatic heterocycles. The quantitative estimate of drug-likeness (QED) is 0.785. The molecule has 5 heteroatoms. The predicted molar refractivity (Wildman–Crippen MR) is 81.8 cm³/mol. The molecule has 0 heterocycles. The Morgan fingerprint density at radius 1 is 1.35 bits per heavy atom. The van der Waals surface area contributed by atoms with Crippen LogP contribution in [0.2, 0.25) is 0 Å². The molecule has 1 unspecified atom stereocenters. The van der Waals surface area contributed by atoms with Gasteiger partial charge in [-0.2, -0.15) is 11.8 Å². The average Bonchev–Trinajstić information content (AvgIpc) is 2.26. The minimum absolute atomic E-state index is 0.0496. The highest BCUT2D eigenvalue weighted by Crippen LogP contribution is 2.21. The van der Waals surface area contributed by atoms with Crippen LogP contribution in [-0.4, -0.2) is 35.9 Å². The van der Waals surface area contributed by atoms with E-state index in [1.807, 2.05) is 31.5 Å². The van der Waals surface area contributed by atoms with E-state index in [4.69, 9.17) is 0 Å². The first kappa shape index (κ1) is 15.1. The highest BCUT2D eigenvalue weighted by atomic mass is 79.9. The van der Waals surface area contributed by atoms with Crippen LogP contribution in [0.3, 0.4) is 0 Å². The van der Waals surface area contributed by atoms with Crippen molar-refractivity contribution in [2.24, 2.45) is 0 Å². The Morgan fingerprint density at radius 3 is 2.35 bits per heavy atom. The van der Waals surface area contributed by atoms with Crippen molar-refractivity contribution < 1.29 is 4.79 Å². The van der Waals surface area contributed by atoms with E-state index in [1.165, 1.54) is 0 Å². The Labute approximate surface area is 123 Å². The molecule has 1 rings (SSSR count). The zero-order valence-corrected chi connectivity index (χ0v) is 14.0. The molecular formula is C12H15Br2NOS. The van der Waals surface area contributed by atoms with Gasteiger partial charge in [-0.3, -0.25) is 4.79 Å². The van der Waals surface area contributed by atoms with Crippen LogP contribution in [0.1, 0.15) is 17.3 Å². The highest BCUT2D eigenvalue weighted by molar-refractivity contribution is 9.11. The maximum absolute atomic E-state index is 12.2. The van der Waals surface area contributed by atoms with Gasteiger partial charge in [0.15, 0.2) is 0 Å². The molecule has 0 saturated heterocycles. The SMILES string of the molecule is CSCC(C)N(C)C(=O)c1cc(Br)cc(Br)c1. The first-order valence-electron chi connectivity index (χ1n) is 5.18. The van der Waals surface area contributed by atoms with Gasteiger partial charge >= 0.3 is 0 Å². The summed E-state index contributed by atoms with van der Waals surface area (Å²) in [6.07, 6.45) is 2.05. The summed E-state index contributed by atoms with van der Waals surface area (Å²) in [5.74, 6) is 0.991. The zero-order valence-electron chi connectivity index (χ0n) is 10.0. The largest absolute Gasteiger partial charge is 0.338 e. The summed E-state index contributed by atoms with van der Waals surface area (Å²) in [6, 6.07) is 5.84. The molecule has 1 aromatic rings. The van der Waals surface area contributed by atoms with Crippen LogP contribution in [0.5, 0.6) is 0 Å². The van der Waals surface area contributed by atoms with E-state index in [2.05, 4.69) is 38.8 Å². The molecular weight excluding hydrogens is 366 g/mol. The van der Waals surface area contributed by atoms with Crippen molar-refractivity contribution in [3.63, 3.8) is 0 Å². The van der Waals surface area contributed by atoms with Gasteiger partial charge < -0.3 is 4.90 Å². The summed E-state index contributed by atoms with van der Waals surface area (Å²) in [4.78, 5) is 14.0. The Balaban J connectivity index is 2.88. The van der Waals surface area contributed by atoms with Crippen LogP contribution in [0.25, 0.3) is 0 Å². The first-order chi connectivity index (χ1) is 7.95. The third-order valence-corrected chi connectivity index (χ3v) is 4.23. The van der Waals surface area contributed by atoms with Gasteiger partial charge in [-0.05, 0) is 31.4 Å². The number of halogens is 2. The van der Waals surface area contributed by atoms with Gasteiger partial charge in [0.05, 0.1) is 0 Å². The van der Waals surface area contributed by atoms with E-state index < -0.39 is 0 Å². The summed E-state index contributed by atoms with van der Waals surface area (Å²) < 4.78 is 1.81. The smallest absolute Gasteiger partial charge is 0.253 e. The summed E-state index contributed by atoms with van der Waals surface area (Å²) in [7, 11) is 1.85. The third-order valence-electron chi connectivity index (χ3n) is 2.50. The molecule has 0 aliphatic carbocycles. The summed E-state index contributed by atoms with van der Waals surface area (Å²) in [5.41, 5.74) is 0.696. The molecule has 1 amide bonds. The van der Waals surface area contributed by atoms with Gasteiger partial charge in [0, 0.05) is 33.4 Å². The van der Waals surface area contributed by atoms with Crippen LogP contribution < -0.4 is 0 Å². The van der Waals surface area contributed by atoms with E-state index >= 15 is 0 Å². The second kappa shape index (κ2) is 6.81. The van der Waals surface area contributed by atoms with Gasteiger partial charge in [0.2, 0.25) is 0 Å². The molecule has 0 saturated carbocycles. The van der Waals surface area contributed by atoms with Crippen molar-refractivity contribution in [2.75, 3.05) is 19.1 Å². The molecule has 0 bridgehead atoms. The van der Waals surface area contributed by atoms with Crippen LogP contribution in [0.15, 0.2) is 27.1 Å². The second-order valence-corrected chi connectivity index (χ2v) is 6.62. The van der Waals surface area contributed by atoms with Crippen molar-refractivity contribution in [3.05, 3.63) is 32.7 Å². The Hall–Kier alpha value is -0.000000000000000111. The van der Waals surface area contributed by atoms with Gasteiger partial charge in [-0.1, -0.05) is 31.9 Å². The van der Waals surface area contributed by atoms with Crippen molar-refractivity contribution in [1.29, 1.82) is 0 Å². The van der Waals surface area contributed by atoms with Gasteiger partial charge in [0.1, 0.15) is 0 Å². The molecule has 0 aliphatic rings. The Bertz CT molecular complexity index is 391. The minimum Gasteiger partial charge on any atom is -0.338 e. The number of benzene rings is 1. The molecule has 0 spiro atoms. The molecule has 1 atom stereocenters. The van der Waals surface area contributed by atoms with Crippen molar-refractivity contribution in [3.8, 4) is 0 Å². The van der Waals surface area contributed by atoms with Crippen molar-refractivity contribution >= 4 is 49.5 Å². The van der Waals surface area contributed by atoms with Crippen molar-refractivity contribution in [1.82, 2.24) is 4.90 Å². The monoisotopic (exact) mass is 379 g/mol. The van der Waals surface area contributed by atoms with Crippen LogP contribution in [-0.2, 0) is 0 Å². The predicted octanol–water partition coefficient (Wildman–Crippen LogP) is 4.04. The molecule has 2 nitrogen and oxygen atoms in total. The fourth-order valence-electron chi connectivity index (χ4n) is 1.43. The van der Waals surface area contributed by atoms with E-state index in [-0.39, 0.29) is 11.9 Å². The molecule has 1 aromatic carbocycles. The van der Waals surface area contributed by atoms with Gasteiger partial charge in [0.25, 0.3) is 5.91 Å². The minimum atomic E-state index is 0.0496. The Kier molecular flexibility index (Phi) is 6.03. The molecule has 94 valence electrons. The lowest BCUT2D eigenvalue weighted by atomic mass is 10.2. The van der Waals surface area contributed by atoms with E-state index in [9.17, 15) is 4.79 Å². The summed E-state index contributed by atoms with van der Waals surface area (Å²) >= 11 is 8.53. The highest BCUT2D eigenvalue weighted by Gasteiger charge is 2.17. The normalized spacial score (nSPS) is 12.3. The lowest BCUT2D eigenvalue weighted by Crippen LogP contribution is -2.36. The lowest BCUT2D eigenvalue weighted by molar-refractivity contribution is 0.0757. The molecule has 17 heavy (non-hydrogen) atoms. The summed E-state index contributed by atoms with van der Waals surface area (Å²) in [6.45, 7) is 2.06. The van der Waals surface area contributed by atoms with Crippen LogP contribution >= 0.6 is 43.6 Å². The van der Waals surface area contributed by atoms with Gasteiger partial charge in [-0.15, -0.1) is 0 Å². The van der Waals surface area contributed by atoms with Crippen LogP contribution in [0.4, 0.5) is 0 Å². The number of hydrogen-bond donors (Lipinski definition) is 0.